The molecule has 3 fully saturated rings. The van der Waals surface area contributed by atoms with Crippen molar-refractivity contribution in [2.75, 3.05) is 19.8 Å². The number of nitrogens with one attached hydrogen (secondary N) is 3. The Balaban J connectivity index is 1.42. The van der Waals surface area contributed by atoms with Gasteiger partial charge in [-0.1, -0.05) is 45.0 Å². The van der Waals surface area contributed by atoms with E-state index in [9.17, 15) is 32.0 Å². The van der Waals surface area contributed by atoms with Crippen LogP contribution in [0.2, 0.25) is 0 Å². The summed E-state index contributed by atoms with van der Waals surface area (Å²) in [6, 6.07) is 6.89. The number of ether oxygens (including phenoxy) is 2. The number of hydrogen-bond donors (Lipinski definition) is 3. The van der Waals surface area contributed by atoms with Gasteiger partial charge < -0.3 is 25.0 Å². The number of alkyl halides is 1. The fourth-order valence-corrected chi connectivity index (χ4v) is 7.21. The third-order valence-electron chi connectivity index (χ3n) is 8.70. The number of carbonyl (C=O) groups excluding carboxylic acids is 4. The first-order chi connectivity index (χ1) is 22.2. The number of amides is 4. The average Bonchev–Trinajstić information content (AvgIpc) is 3.95. The van der Waals surface area contributed by atoms with Crippen molar-refractivity contribution >= 4 is 44.6 Å². The first-order valence-electron chi connectivity index (χ1n) is 15.5. The van der Waals surface area contributed by atoms with Gasteiger partial charge in [-0.3, -0.25) is 19.1 Å². The summed E-state index contributed by atoms with van der Waals surface area (Å²) in [4.78, 5) is 59.7. The van der Waals surface area contributed by atoms with E-state index in [4.69, 9.17) is 9.47 Å². The molecule has 5 rings (SSSR count). The molecule has 1 aliphatic heterocycles. The van der Waals surface area contributed by atoms with Crippen molar-refractivity contribution in [2.24, 2.45) is 11.3 Å². The quantitative estimate of drug-likeness (QED) is 0.286. The summed E-state index contributed by atoms with van der Waals surface area (Å²) in [6.45, 7) is 7.39. The highest BCUT2D eigenvalue weighted by atomic mass is 32.2. The molecular weight excluding hydrogens is 633 g/mol. The van der Waals surface area contributed by atoms with Gasteiger partial charge in [0.25, 0.3) is 5.91 Å². The molecule has 0 bridgehead atoms. The monoisotopic (exact) mass is 673 g/mol. The minimum Gasteiger partial charge on any atom is -0.472 e. The zero-order chi connectivity index (χ0) is 34.1. The van der Waals surface area contributed by atoms with Crippen LogP contribution in [0, 0.1) is 11.3 Å². The number of halogens is 1. The minimum absolute atomic E-state index is 0.00244. The third kappa shape index (κ3) is 7.34. The van der Waals surface area contributed by atoms with E-state index in [0.29, 0.717) is 18.7 Å². The molecule has 1 aromatic carbocycles. The lowest BCUT2D eigenvalue weighted by Gasteiger charge is -2.35. The van der Waals surface area contributed by atoms with Crippen LogP contribution in [0.3, 0.4) is 0 Å². The molecule has 2 aliphatic carbocycles. The predicted molar refractivity (Wildman–Crippen MR) is 169 cm³/mol. The molecule has 2 heterocycles. The van der Waals surface area contributed by atoms with Gasteiger partial charge in [0.15, 0.2) is 0 Å². The van der Waals surface area contributed by atoms with Gasteiger partial charge in [-0.05, 0) is 42.2 Å². The number of sulfonamides is 1. The normalized spacial score (nSPS) is 24.6. The second kappa shape index (κ2) is 13.1. The molecule has 13 nitrogen and oxygen atoms in total. The zero-order valence-corrected chi connectivity index (χ0v) is 27.3. The molecule has 4 amide bonds. The Bertz CT molecular complexity index is 1670. The topological polar surface area (TPSA) is 173 Å². The standard InChI is InChI=1S/C32H40FN5O8S/c1-5-20-17-32(20,29(41)37-47(43,44)22-10-11-22)36-26(39)24-16-21(46-27-23-9-7-6-8-19(23)12-14-34-27)18-38(24)28(40)25(31(2,3)4)35-30(42)45-15-13-33/h5-9,12,14,20-22,24-25H,1,10-11,13,15-18H2,2-4H3,(H,35,42)(H,36,39)(H,37,41). The molecular formula is C32H40FN5O8S. The Kier molecular flexibility index (Phi) is 9.49. The van der Waals surface area contributed by atoms with E-state index < -0.39 is 87.4 Å². The van der Waals surface area contributed by atoms with Gasteiger partial charge in [0.1, 0.15) is 37.0 Å². The first-order valence-corrected chi connectivity index (χ1v) is 17.1. The summed E-state index contributed by atoms with van der Waals surface area (Å²) in [6.07, 6.45) is 2.37. The SMILES string of the molecule is C=CC1CC1(NC(=O)C1CC(Oc2nccc3ccccc23)CN1C(=O)C(NC(=O)OCCF)C(C)(C)C)C(=O)NS(=O)(=O)C1CC1. The molecule has 5 atom stereocenters. The molecule has 0 radical (unpaired) electrons. The number of carbonyl (C=O) groups is 4. The van der Waals surface area contributed by atoms with Crippen LogP contribution >= 0.6 is 0 Å². The van der Waals surface area contributed by atoms with E-state index in [2.05, 4.69) is 26.9 Å². The van der Waals surface area contributed by atoms with Gasteiger partial charge in [0.05, 0.1) is 11.8 Å². The number of pyridine rings is 1. The Hall–Kier alpha value is -4.27. The van der Waals surface area contributed by atoms with E-state index >= 15 is 0 Å². The van der Waals surface area contributed by atoms with Gasteiger partial charge in [-0.2, -0.15) is 0 Å². The molecule has 3 N–H and O–H groups in total. The van der Waals surface area contributed by atoms with E-state index in [-0.39, 0.29) is 19.4 Å². The van der Waals surface area contributed by atoms with Gasteiger partial charge in [0, 0.05) is 23.9 Å². The second-order valence-corrected chi connectivity index (χ2v) is 15.2. The Morgan fingerprint density at radius 1 is 1.19 bits per heavy atom. The van der Waals surface area contributed by atoms with Gasteiger partial charge in [0.2, 0.25) is 27.7 Å². The number of alkyl carbamates (subject to hydrolysis) is 1. The largest absolute Gasteiger partial charge is 0.472 e. The van der Waals surface area contributed by atoms with Crippen LogP contribution in [0.1, 0.15) is 46.5 Å². The van der Waals surface area contributed by atoms with Crippen LogP contribution in [0.15, 0.2) is 49.2 Å². The van der Waals surface area contributed by atoms with Crippen molar-refractivity contribution in [3.63, 3.8) is 0 Å². The number of benzene rings is 1. The molecule has 1 saturated heterocycles. The molecule has 1 aromatic heterocycles. The number of likely N-dealkylation sites (tertiary alicyclic amines) is 1. The van der Waals surface area contributed by atoms with E-state index in [0.717, 1.165) is 10.8 Å². The highest BCUT2D eigenvalue weighted by Gasteiger charge is 2.62. The van der Waals surface area contributed by atoms with Crippen LogP contribution in [0.25, 0.3) is 10.8 Å². The average molecular weight is 674 g/mol. The Morgan fingerprint density at radius 3 is 2.55 bits per heavy atom. The molecule has 2 aromatic rings. The zero-order valence-electron chi connectivity index (χ0n) is 26.5. The fraction of sp³-hybridized carbons (Fsp3) is 0.531. The van der Waals surface area contributed by atoms with Gasteiger partial charge in [-0.15, -0.1) is 6.58 Å². The summed E-state index contributed by atoms with van der Waals surface area (Å²) in [5.41, 5.74) is -2.44. The lowest BCUT2D eigenvalue weighted by Crippen LogP contribution is -2.60. The summed E-state index contributed by atoms with van der Waals surface area (Å²) in [5, 5.41) is 6.19. The van der Waals surface area contributed by atoms with Crippen LogP contribution in [0.4, 0.5) is 9.18 Å². The lowest BCUT2D eigenvalue weighted by molar-refractivity contribution is -0.142. The molecule has 0 spiro atoms. The van der Waals surface area contributed by atoms with E-state index in [1.807, 2.05) is 30.3 Å². The van der Waals surface area contributed by atoms with Gasteiger partial charge in [-0.25, -0.2) is 22.6 Å². The molecule has 2 saturated carbocycles. The molecule has 5 unspecified atom stereocenters. The van der Waals surface area contributed by atoms with Crippen LogP contribution < -0.4 is 20.1 Å². The van der Waals surface area contributed by atoms with Crippen molar-refractivity contribution in [1.82, 2.24) is 25.2 Å². The molecule has 47 heavy (non-hydrogen) atoms. The van der Waals surface area contributed by atoms with Crippen LogP contribution in [0.5, 0.6) is 5.88 Å². The van der Waals surface area contributed by atoms with E-state index in [1.54, 1.807) is 27.0 Å². The maximum Gasteiger partial charge on any atom is 0.407 e. The first kappa shape index (κ1) is 34.1. The van der Waals surface area contributed by atoms with Crippen molar-refractivity contribution in [3.05, 3.63) is 49.2 Å². The maximum atomic E-state index is 14.2. The van der Waals surface area contributed by atoms with Crippen LogP contribution in [-0.4, -0.2) is 90.9 Å². The Labute approximate surface area is 272 Å². The minimum atomic E-state index is -3.90. The number of fused-ring (bicyclic) bond motifs is 1. The smallest absolute Gasteiger partial charge is 0.407 e. The summed E-state index contributed by atoms with van der Waals surface area (Å²) >= 11 is 0. The molecule has 254 valence electrons. The third-order valence-corrected chi connectivity index (χ3v) is 10.5. The number of hydrogen-bond acceptors (Lipinski definition) is 9. The highest BCUT2D eigenvalue weighted by Crippen LogP contribution is 2.45. The van der Waals surface area contributed by atoms with Gasteiger partial charge >= 0.3 is 6.09 Å². The summed E-state index contributed by atoms with van der Waals surface area (Å²) in [5.74, 6) is -2.43. The van der Waals surface area contributed by atoms with Crippen molar-refractivity contribution < 1.29 is 41.5 Å². The van der Waals surface area contributed by atoms with Crippen molar-refractivity contribution in [3.8, 4) is 5.88 Å². The van der Waals surface area contributed by atoms with Crippen molar-refractivity contribution in [1.29, 1.82) is 0 Å². The van der Waals surface area contributed by atoms with Crippen molar-refractivity contribution in [2.45, 2.75) is 75.4 Å². The second-order valence-electron chi connectivity index (χ2n) is 13.3. The highest BCUT2D eigenvalue weighted by molar-refractivity contribution is 7.91. The predicted octanol–water partition coefficient (Wildman–Crippen LogP) is 2.36. The maximum absolute atomic E-state index is 14.2. The van der Waals surface area contributed by atoms with E-state index in [1.165, 1.54) is 11.0 Å². The molecule has 3 aliphatic rings. The summed E-state index contributed by atoms with van der Waals surface area (Å²) < 4.78 is 51.0. The van der Waals surface area contributed by atoms with Crippen LogP contribution in [-0.2, 0) is 29.1 Å². The number of nitrogens with zero attached hydrogens (tertiary/aromatic N) is 2. The Morgan fingerprint density at radius 2 is 1.91 bits per heavy atom. The number of rotatable bonds is 12. The summed E-state index contributed by atoms with van der Waals surface area (Å²) in [7, 11) is -3.90. The lowest BCUT2D eigenvalue weighted by atomic mass is 9.85. The number of aromatic nitrogens is 1. The fourth-order valence-electron chi connectivity index (χ4n) is 5.84. The molecule has 15 heteroatoms.